The van der Waals surface area contributed by atoms with Gasteiger partial charge in [-0.25, -0.2) is 9.59 Å². The Morgan fingerprint density at radius 2 is 1.89 bits per heavy atom. The molecule has 1 saturated carbocycles. The maximum Gasteiger partial charge on any atom is 0.332 e. The molecule has 1 aliphatic heterocycles. The number of piperidine rings is 1. The summed E-state index contributed by atoms with van der Waals surface area (Å²) in [5.74, 6) is -0.278. The van der Waals surface area contributed by atoms with E-state index in [2.05, 4.69) is 9.88 Å². The van der Waals surface area contributed by atoms with Crippen molar-refractivity contribution in [3.8, 4) is 0 Å². The summed E-state index contributed by atoms with van der Waals surface area (Å²) >= 11 is 0. The molecule has 2 heterocycles. The molecule has 1 saturated heterocycles. The zero-order chi connectivity index (χ0) is 18.9. The first-order valence-electron chi connectivity index (χ1n) is 10.3. The first kappa shape index (κ1) is 18.3. The minimum absolute atomic E-state index is 0.227. The van der Waals surface area contributed by atoms with Gasteiger partial charge in [0.15, 0.2) is 0 Å². The van der Waals surface area contributed by atoms with Crippen LogP contribution in [0.2, 0.25) is 0 Å². The number of hydrogen-bond acceptors (Lipinski definition) is 4. The molecule has 6 nitrogen and oxygen atoms in total. The SMILES string of the molecule is CCOC(=O)C1(n2c(=O)[nH]c3ccccc32)CCN(C2CCCCC2)CC1. The third kappa shape index (κ3) is 3.20. The number of aromatic nitrogens is 2. The van der Waals surface area contributed by atoms with Gasteiger partial charge in [0, 0.05) is 19.1 Å². The predicted octanol–water partition coefficient (Wildman–Crippen LogP) is 3.02. The van der Waals surface area contributed by atoms with Crippen LogP contribution in [-0.4, -0.2) is 46.2 Å². The first-order chi connectivity index (χ1) is 13.2. The van der Waals surface area contributed by atoms with Crippen molar-refractivity contribution in [3.63, 3.8) is 0 Å². The summed E-state index contributed by atoms with van der Waals surface area (Å²) in [4.78, 5) is 31.3. The molecular weight excluding hydrogens is 342 g/mol. The molecule has 1 aromatic heterocycles. The number of fused-ring (bicyclic) bond motifs is 1. The second-order valence-electron chi connectivity index (χ2n) is 7.86. The Bertz CT molecular complexity index is 855. The van der Waals surface area contributed by atoms with Crippen LogP contribution in [0.25, 0.3) is 11.0 Å². The van der Waals surface area contributed by atoms with E-state index < -0.39 is 5.54 Å². The molecule has 0 amide bonds. The van der Waals surface area contributed by atoms with E-state index >= 15 is 0 Å². The van der Waals surface area contributed by atoms with Crippen molar-refractivity contribution in [2.45, 2.75) is 63.5 Å². The number of imidazole rings is 1. The highest BCUT2D eigenvalue weighted by Gasteiger charge is 2.47. The molecule has 27 heavy (non-hydrogen) atoms. The smallest absolute Gasteiger partial charge is 0.332 e. The lowest BCUT2D eigenvalue weighted by atomic mass is 9.84. The number of ether oxygens (including phenoxy) is 1. The monoisotopic (exact) mass is 371 g/mol. The number of esters is 1. The average molecular weight is 371 g/mol. The Labute approximate surface area is 159 Å². The fraction of sp³-hybridized carbons (Fsp3) is 0.619. The van der Waals surface area contributed by atoms with Crippen LogP contribution in [0.3, 0.4) is 0 Å². The fourth-order valence-electron chi connectivity index (χ4n) is 4.97. The van der Waals surface area contributed by atoms with E-state index in [0.29, 0.717) is 25.5 Å². The van der Waals surface area contributed by atoms with Crippen LogP contribution >= 0.6 is 0 Å². The van der Waals surface area contributed by atoms with Crippen molar-refractivity contribution in [3.05, 3.63) is 34.7 Å². The summed E-state index contributed by atoms with van der Waals surface area (Å²) < 4.78 is 7.13. The summed E-state index contributed by atoms with van der Waals surface area (Å²) in [6.07, 6.45) is 7.66. The van der Waals surface area contributed by atoms with E-state index in [-0.39, 0.29) is 11.7 Å². The number of nitrogens with zero attached hydrogens (tertiary/aromatic N) is 2. The second kappa shape index (κ2) is 7.50. The van der Waals surface area contributed by atoms with E-state index in [1.807, 2.05) is 31.2 Å². The Kier molecular flexibility index (Phi) is 5.08. The van der Waals surface area contributed by atoms with Crippen LogP contribution in [0.4, 0.5) is 0 Å². The number of nitrogens with one attached hydrogen (secondary N) is 1. The van der Waals surface area contributed by atoms with Crippen molar-refractivity contribution >= 4 is 17.0 Å². The van der Waals surface area contributed by atoms with Gasteiger partial charge in [-0.3, -0.25) is 4.57 Å². The predicted molar refractivity (Wildman–Crippen MR) is 105 cm³/mol. The number of likely N-dealkylation sites (tertiary alicyclic amines) is 1. The van der Waals surface area contributed by atoms with Gasteiger partial charge in [-0.2, -0.15) is 0 Å². The third-order valence-corrected chi connectivity index (χ3v) is 6.39. The van der Waals surface area contributed by atoms with Gasteiger partial charge in [0.2, 0.25) is 0 Å². The molecule has 2 fully saturated rings. The minimum Gasteiger partial charge on any atom is -0.464 e. The Morgan fingerprint density at radius 1 is 1.19 bits per heavy atom. The molecule has 4 rings (SSSR count). The van der Waals surface area contributed by atoms with Gasteiger partial charge in [-0.05, 0) is 44.7 Å². The number of para-hydroxylation sites is 2. The van der Waals surface area contributed by atoms with Crippen LogP contribution in [-0.2, 0) is 15.1 Å². The standard InChI is InChI=1S/C21H29N3O3/c1-2-27-19(25)21(24-18-11-7-6-10-17(18)22-20(24)26)12-14-23(15-13-21)16-8-4-3-5-9-16/h6-7,10-11,16H,2-5,8-9,12-15H2,1H3,(H,22,26). The normalized spacial score (nSPS) is 21.4. The van der Waals surface area contributed by atoms with Gasteiger partial charge in [0.1, 0.15) is 5.54 Å². The summed E-state index contributed by atoms with van der Waals surface area (Å²) in [7, 11) is 0. The van der Waals surface area contributed by atoms with E-state index in [9.17, 15) is 9.59 Å². The van der Waals surface area contributed by atoms with Crippen molar-refractivity contribution in [1.82, 2.24) is 14.5 Å². The lowest BCUT2D eigenvalue weighted by Crippen LogP contribution is -2.56. The largest absolute Gasteiger partial charge is 0.464 e. The molecule has 0 spiro atoms. The lowest BCUT2D eigenvalue weighted by molar-refractivity contribution is -0.157. The molecule has 2 aromatic rings. The van der Waals surface area contributed by atoms with Gasteiger partial charge >= 0.3 is 11.7 Å². The van der Waals surface area contributed by atoms with Crippen molar-refractivity contribution < 1.29 is 9.53 Å². The fourth-order valence-corrected chi connectivity index (χ4v) is 4.97. The second-order valence-corrected chi connectivity index (χ2v) is 7.86. The van der Waals surface area contributed by atoms with Gasteiger partial charge < -0.3 is 14.6 Å². The number of hydrogen-bond donors (Lipinski definition) is 1. The van der Waals surface area contributed by atoms with Crippen molar-refractivity contribution in [1.29, 1.82) is 0 Å². The molecule has 2 aliphatic rings. The number of H-pyrrole nitrogens is 1. The minimum atomic E-state index is -0.919. The number of benzene rings is 1. The molecular formula is C21H29N3O3. The van der Waals surface area contributed by atoms with Crippen LogP contribution in [0.5, 0.6) is 0 Å². The highest BCUT2D eigenvalue weighted by Crippen LogP contribution is 2.35. The molecule has 1 aliphatic carbocycles. The molecule has 1 aromatic carbocycles. The number of rotatable bonds is 4. The van der Waals surface area contributed by atoms with E-state index in [1.54, 1.807) is 4.57 Å². The van der Waals surface area contributed by atoms with Gasteiger partial charge in [-0.15, -0.1) is 0 Å². The Balaban J connectivity index is 1.69. The molecule has 0 atom stereocenters. The molecule has 0 bridgehead atoms. The number of carbonyl (C=O) groups is 1. The number of carbonyl (C=O) groups excluding carboxylic acids is 1. The zero-order valence-electron chi connectivity index (χ0n) is 16.1. The van der Waals surface area contributed by atoms with E-state index in [4.69, 9.17) is 4.74 Å². The summed E-state index contributed by atoms with van der Waals surface area (Å²) in [6.45, 7) is 3.80. The highest BCUT2D eigenvalue weighted by atomic mass is 16.5. The van der Waals surface area contributed by atoms with E-state index in [0.717, 1.165) is 24.1 Å². The van der Waals surface area contributed by atoms with Crippen LogP contribution < -0.4 is 5.69 Å². The van der Waals surface area contributed by atoms with Gasteiger partial charge in [0.05, 0.1) is 17.6 Å². The average Bonchev–Trinajstić information content (AvgIpc) is 3.05. The summed E-state index contributed by atoms with van der Waals surface area (Å²) in [5, 5.41) is 0. The molecule has 1 N–H and O–H groups in total. The topological polar surface area (TPSA) is 67.3 Å². The number of aromatic amines is 1. The highest BCUT2D eigenvalue weighted by molar-refractivity contribution is 5.83. The Hall–Kier alpha value is -2.08. The molecule has 0 radical (unpaired) electrons. The molecule has 0 unspecified atom stereocenters. The summed E-state index contributed by atoms with van der Waals surface area (Å²) in [6, 6.07) is 8.21. The van der Waals surface area contributed by atoms with Gasteiger partial charge in [0.25, 0.3) is 0 Å². The van der Waals surface area contributed by atoms with Crippen LogP contribution in [0.15, 0.2) is 29.1 Å². The van der Waals surface area contributed by atoms with Crippen LogP contribution in [0.1, 0.15) is 51.9 Å². The Morgan fingerprint density at radius 3 is 2.59 bits per heavy atom. The third-order valence-electron chi connectivity index (χ3n) is 6.39. The van der Waals surface area contributed by atoms with Gasteiger partial charge in [-0.1, -0.05) is 31.4 Å². The maximum absolute atomic E-state index is 13.1. The van der Waals surface area contributed by atoms with Crippen molar-refractivity contribution in [2.75, 3.05) is 19.7 Å². The first-order valence-corrected chi connectivity index (χ1v) is 10.3. The molecule has 6 heteroatoms. The van der Waals surface area contributed by atoms with Crippen LogP contribution in [0, 0.1) is 0 Å². The van der Waals surface area contributed by atoms with E-state index in [1.165, 1.54) is 32.1 Å². The lowest BCUT2D eigenvalue weighted by Gasteiger charge is -2.44. The zero-order valence-corrected chi connectivity index (χ0v) is 16.1. The summed E-state index contributed by atoms with van der Waals surface area (Å²) in [5.41, 5.74) is 0.399. The maximum atomic E-state index is 13.1. The molecule has 146 valence electrons. The quantitative estimate of drug-likeness (QED) is 0.839. The van der Waals surface area contributed by atoms with Crippen molar-refractivity contribution in [2.24, 2.45) is 0 Å².